The first-order chi connectivity index (χ1) is 13.2. The molecular weight excluding hydrogens is 368 g/mol. The van der Waals surface area contributed by atoms with Gasteiger partial charge in [0.25, 0.3) is 0 Å². The average Bonchev–Trinajstić information content (AvgIpc) is 2.67. The molecule has 1 unspecified atom stereocenters. The molecule has 2 N–H and O–H groups in total. The highest BCUT2D eigenvalue weighted by molar-refractivity contribution is 7.80. The van der Waals surface area contributed by atoms with Crippen molar-refractivity contribution >= 4 is 17.3 Å². The lowest BCUT2D eigenvalue weighted by Crippen LogP contribution is -2.37. The Morgan fingerprint density at radius 3 is 2.21 bits per heavy atom. The van der Waals surface area contributed by atoms with E-state index in [4.69, 9.17) is 21.7 Å². The molecule has 0 bridgehead atoms. The first kappa shape index (κ1) is 22.0. The first-order valence-electron chi connectivity index (χ1n) is 9.60. The lowest BCUT2D eigenvalue weighted by molar-refractivity contribution is 0.354. The topological polar surface area (TPSA) is 42.5 Å². The maximum absolute atomic E-state index is 5.45. The van der Waals surface area contributed by atoms with Crippen molar-refractivity contribution in [1.29, 1.82) is 0 Å². The molecule has 152 valence electrons. The summed E-state index contributed by atoms with van der Waals surface area (Å²) in [5.74, 6) is 1.48. The lowest BCUT2D eigenvalue weighted by atomic mass is 9.86. The third kappa shape index (κ3) is 6.13. The molecule has 0 radical (unpaired) electrons. The molecule has 0 aromatic heterocycles. The predicted molar refractivity (Wildman–Crippen MR) is 121 cm³/mol. The van der Waals surface area contributed by atoms with E-state index in [-0.39, 0.29) is 11.5 Å². The van der Waals surface area contributed by atoms with Gasteiger partial charge >= 0.3 is 0 Å². The largest absolute Gasteiger partial charge is 0.493 e. The fraction of sp³-hybridized carbons (Fsp3) is 0.435. The molecule has 0 fully saturated rings. The number of ether oxygens (including phenoxy) is 2. The van der Waals surface area contributed by atoms with Crippen molar-refractivity contribution in [2.24, 2.45) is 0 Å². The third-order valence-electron chi connectivity index (χ3n) is 4.77. The minimum Gasteiger partial charge on any atom is -0.493 e. The Hall–Kier alpha value is -2.27. The van der Waals surface area contributed by atoms with Gasteiger partial charge < -0.3 is 20.1 Å². The molecule has 2 rings (SSSR count). The summed E-state index contributed by atoms with van der Waals surface area (Å²) < 4.78 is 10.6. The smallest absolute Gasteiger partial charge is 0.166 e. The van der Waals surface area contributed by atoms with Crippen LogP contribution < -0.4 is 20.1 Å². The van der Waals surface area contributed by atoms with Crippen LogP contribution in [0.25, 0.3) is 0 Å². The molecule has 0 saturated carbocycles. The fourth-order valence-electron chi connectivity index (χ4n) is 2.96. The van der Waals surface area contributed by atoms with Gasteiger partial charge in [-0.3, -0.25) is 0 Å². The Labute approximate surface area is 174 Å². The summed E-state index contributed by atoms with van der Waals surface area (Å²) in [5.41, 5.74) is 3.88. The highest BCUT2D eigenvalue weighted by atomic mass is 32.1. The zero-order valence-corrected chi connectivity index (χ0v) is 18.6. The summed E-state index contributed by atoms with van der Waals surface area (Å²) in [7, 11) is 3.29. The van der Waals surface area contributed by atoms with E-state index in [1.165, 1.54) is 16.7 Å². The van der Waals surface area contributed by atoms with Gasteiger partial charge in [0.05, 0.1) is 20.3 Å². The van der Waals surface area contributed by atoms with Gasteiger partial charge in [-0.25, -0.2) is 0 Å². The average molecular weight is 401 g/mol. The number of benzene rings is 2. The molecule has 2 aromatic carbocycles. The zero-order valence-electron chi connectivity index (χ0n) is 17.8. The molecule has 0 spiro atoms. The predicted octanol–water partition coefficient (Wildman–Crippen LogP) is 4.77. The van der Waals surface area contributed by atoms with Gasteiger partial charge in [0.1, 0.15) is 0 Å². The van der Waals surface area contributed by atoms with E-state index in [9.17, 15) is 0 Å². The fourth-order valence-corrected chi connectivity index (χ4v) is 3.24. The van der Waals surface area contributed by atoms with E-state index in [1.807, 2.05) is 18.2 Å². The second-order valence-electron chi connectivity index (χ2n) is 7.93. The van der Waals surface area contributed by atoms with Crippen molar-refractivity contribution in [3.05, 3.63) is 59.2 Å². The Kier molecular flexibility index (Phi) is 7.69. The van der Waals surface area contributed by atoms with Gasteiger partial charge in [-0.05, 0) is 59.8 Å². The second kappa shape index (κ2) is 9.78. The second-order valence-corrected chi connectivity index (χ2v) is 8.34. The van der Waals surface area contributed by atoms with Crippen LogP contribution in [0.4, 0.5) is 0 Å². The number of hydrogen-bond donors (Lipinski definition) is 2. The summed E-state index contributed by atoms with van der Waals surface area (Å²) in [4.78, 5) is 0. The minimum atomic E-state index is 0.148. The van der Waals surface area contributed by atoms with Crippen LogP contribution in [0.15, 0.2) is 42.5 Å². The summed E-state index contributed by atoms with van der Waals surface area (Å²) in [5, 5.41) is 7.30. The Morgan fingerprint density at radius 1 is 1.00 bits per heavy atom. The van der Waals surface area contributed by atoms with Crippen molar-refractivity contribution < 1.29 is 9.47 Å². The van der Waals surface area contributed by atoms with E-state index in [1.54, 1.807) is 14.2 Å². The van der Waals surface area contributed by atoms with Crippen LogP contribution >= 0.6 is 12.2 Å². The van der Waals surface area contributed by atoms with Crippen LogP contribution in [0, 0.1) is 0 Å². The highest BCUT2D eigenvalue weighted by Gasteiger charge is 2.14. The van der Waals surface area contributed by atoms with E-state index >= 15 is 0 Å². The maximum Gasteiger partial charge on any atom is 0.166 e. The summed E-state index contributed by atoms with van der Waals surface area (Å²) in [6, 6.07) is 14.8. The zero-order chi connectivity index (χ0) is 20.7. The molecule has 0 aliphatic rings. The van der Waals surface area contributed by atoms with Gasteiger partial charge in [-0.2, -0.15) is 0 Å². The van der Waals surface area contributed by atoms with E-state index < -0.39 is 0 Å². The summed E-state index contributed by atoms with van der Waals surface area (Å²) in [6.07, 6.45) is 0.844. The van der Waals surface area contributed by atoms with Gasteiger partial charge in [0, 0.05) is 6.54 Å². The number of rotatable bonds is 7. The molecule has 1 atom stereocenters. The van der Waals surface area contributed by atoms with Crippen LogP contribution in [-0.2, 0) is 11.8 Å². The number of hydrogen-bond acceptors (Lipinski definition) is 3. The van der Waals surface area contributed by atoms with Crippen molar-refractivity contribution in [2.75, 3.05) is 20.8 Å². The molecule has 2 aromatic rings. The number of methoxy groups -OCH3 is 2. The molecule has 5 heteroatoms. The van der Waals surface area contributed by atoms with Gasteiger partial charge in [-0.1, -0.05) is 51.1 Å². The van der Waals surface area contributed by atoms with Gasteiger partial charge in [0.2, 0.25) is 0 Å². The van der Waals surface area contributed by atoms with E-state index in [0.717, 1.165) is 24.5 Å². The summed E-state index contributed by atoms with van der Waals surface area (Å²) in [6.45, 7) is 9.54. The van der Waals surface area contributed by atoms with Crippen LogP contribution in [0.3, 0.4) is 0 Å². The van der Waals surface area contributed by atoms with Crippen molar-refractivity contribution in [2.45, 2.75) is 45.6 Å². The van der Waals surface area contributed by atoms with Crippen molar-refractivity contribution in [3.8, 4) is 11.5 Å². The van der Waals surface area contributed by atoms with Crippen molar-refractivity contribution in [1.82, 2.24) is 10.6 Å². The lowest BCUT2D eigenvalue weighted by Gasteiger charge is -2.21. The SMILES string of the molecule is COc1ccc(CCNC(=S)NC(C)c2ccc(C(C)(C)C)cc2)cc1OC. The van der Waals surface area contributed by atoms with Crippen LogP contribution in [-0.4, -0.2) is 25.9 Å². The molecular formula is C23H32N2O2S. The number of thiocarbonyl (C=S) groups is 1. The van der Waals surface area contributed by atoms with Gasteiger partial charge in [-0.15, -0.1) is 0 Å². The molecule has 0 aliphatic carbocycles. The highest BCUT2D eigenvalue weighted by Crippen LogP contribution is 2.27. The third-order valence-corrected chi connectivity index (χ3v) is 5.03. The molecule has 0 saturated heterocycles. The quantitative estimate of drug-likeness (QED) is 0.656. The molecule has 4 nitrogen and oxygen atoms in total. The standard InChI is InChI=1S/C23H32N2O2S/c1-16(18-8-10-19(11-9-18)23(2,3)4)25-22(28)24-14-13-17-7-12-20(26-5)21(15-17)27-6/h7-12,15-16H,13-14H2,1-6H3,(H2,24,25,28). The van der Waals surface area contributed by atoms with Gasteiger partial charge in [0.15, 0.2) is 16.6 Å². The Bertz CT molecular complexity index is 782. The Morgan fingerprint density at radius 2 is 1.64 bits per heavy atom. The van der Waals surface area contributed by atoms with E-state index in [0.29, 0.717) is 5.11 Å². The van der Waals surface area contributed by atoms with Crippen molar-refractivity contribution in [3.63, 3.8) is 0 Å². The molecule has 0 heterocycles. The van der Waals surface area contributed by atoms with Crippen LogP contribution in [0.2, 0.25) is 0 Å². The summed E-state index contributed by atoms with van der Waals surface area (Å²) >= 11 is 5.45. The van der Waals surface area contributed by atoms with Crippen LogP contribution in [0.5, 0.6) is 11.5 Å². The molecule has 0 amide bonds. The normalized spacial score (nSPS) is 12.2. The van der Waals surface area contributed by atoms with E-state index in [2.05, 4.69) is 62.6 Å². The first-order valence-corrected chi connectivity index (χ1v) is 10.0. The molecule has 28 heavy (non-hydrogen) atoms. The molecule has 0 aliphatic heterocycles. The maximum atomic E-state index is 5.45. The van der Waals surface area contributed by atoms with Crippen LogP contribution in [0.1, 0.15) is 50.4 Å². The monoisotopic (exact) mass is 400 g/mol. The number of nitrogens with one attached hydrogen (secondary N) is 2. The minimum absolute atomic E-state index is 0.148. The Balaban J connectivity index is 1.83.